The molecule has 0 spiro atoms. The van der Waals surface area contributed by atoms with Gasteiger partial charge in [0.2, 0.25) is 0 Å². The highest BCUT2D eigenvalue weighted by Crippen LogP contribution is 2.34. The van der Waals surface area contributed by atoms with Crippen LogP contribution in [0.2, 0.25) is 0 Å². The summed E-state index contributed by atoms with van der Waals surface area (Å²) >= 11 is 0. The third-order valence-corrected chi connectivity index (χ3v) is 3.84. The second-order valence-electron chi connectivity index (χ2n) is 6.67. The van der Waals surface area contributed by atoms with Crippen molar-refractivity contribution in [1.82, 2.24) is 0 Å². The monoisotopic (exact) mass is 311 g/mol. The number of para-hydroxylation sites is 1. The minimum Gasteiger partial charge on any atom is -0.489 e. The third kappa shape index (κ3) is 3.47. The van der Waals surface area contributed by atoms with Crippen LogP contribution >= 0.6 is 0 Å². The molecule has 4 heteroatoms. The number of anilines is 1. The number of fused-ring (bicyclic) bond motifs is 1. The first-order valence-corrected chi connectivity index (χ1v) is 7.71. The molecule has 3 rings (SSSR count). The number of hydrogen-bond acceptors (Lipinski definition) is 3. The number of amides is 1. The molecule has 0 unspecified atom stereocenters. The lowest BCUT2D eigenvalue weighted by atomic mass is 9.97. The first-order valence-electron chi connectivity index (χ1n) is 7.71. The van der Waals surface area contributed by atoms with E-state index in [1.54, 1.807) is 18.2 Å². The van der Waals surface area contributed by atoms with Crippen molar-refractivity contribution in [1.29, 1.82) is 0 Å². The van der Waals surface area contributed by atoms with Gasteiger partial charge in [0.15, 0.2) is 11.5 Å². The van der Waals surface area contributed by atoms with Crippen LogP contribution in [0.15, 0.2) is 42.5 Å². The lowest BCUT2D eigenvalue weighted by Crippen LogP contribution is -2.26. The molecule has 4 nitrogen and oxygen atoms in total. The number of nitrogens with one attached hydrogen (secondary N) is 1. The van der Waals surface area contributed by atoms with Crippen LogP contribution in [-0.4, -0.2) is 19.1 Å². The Bertz CT molecular complexity index is 737. The summed E-state index contributed by atoms with van der Waals surface area (Å²) in [5.74, 6) is 1.14. The van der Waals surface area contributed by atoms with E-state index in [1.807, 2.05) is 31.2 Å². The smallest absolute Gasteiger partial charge is 0.255 e. The van der Waals surface area contributed by atoms with E-state index in [0.717, 1.165) is 11.3 Å². The van der Waals surface area contributed by atoms with Crippen molar-refractivity contribution < 1.29 is 14.3 Å². The minimum atomic E-state index is -0.158. The number of benzene rings is 2. The predicted octanol–water partition coefficient (Wildman–Crippen LogP) is 4.04. The van der Waals surface area contributed by atoms with Gasteiger partial charge in [0.05, 0.1) is 13.2 Å². The summed E-state index contributed by atoms with van der Waals surface area (Å²) in [6.07, 6.45) is 0. The van der Waals surface area contributed by atoms with Crippen molar-refractivity contribution in [3.63, 3.8) is 0 Å². The highest BCUT2D eigenvalue weighted by Gasteiger charge is 2.25. The Morgan fingerprint density at radius 2 is 1.74 bits per heavy atom. The Labute approximate surface area is 136 Å². The van der Waals surface area contributed by atoms with Crippen molar-refractivity contribution in [2.45, 2.75) is 20.8 Å². The van der Waals surface area contributed by atoms with E-state index in [1.165, 1.54) is 0 Å². The van der Waals surface area contributed by atoms with Gasteiger partial charge in [-0.15, -0.1) is 0 Å². The molecule has 2 aromatic rings. The van der Waals surface area contributed by atoms with Gasteiger partial charge in [-0.25, -0.2) is 0 Å². The predicted molar refractivity (Wildman–Crippen MR) is 90.3 cm³/mol. The van der Waals surface area contributed by atoms with Gasteiger partial charge in [-0.05, 0) is 36.8 Å². The molecule has 1 amide bonds. The van der Waals surface area contributed by atoms with E-state index in [4.69, 9.17) is 9.47 Å². The van der Waals surface area contributed by atoms with Gasteiger partial charge in [-0.3, -0.25) is 4.79 Å². The zero-order chi connectivity index (χ0) is 16.4. The average Bonchev–Trinajstić information content (AvgIpc) is 2.68. The Morgan fingerprint density at radius 3 is 2.48 bits per heavy atom. The molecular formula is C19H21NO3. The Balaban J connectivity index is 1.81. The minimum absolute atomic E-state index is 0.0530. The summed E-state index contributed by atoms with van der Waals surface area (Å²) in [4.78, 5) is 12.5. The molecule has 0 bridgehead atoms. The fraction of sp³-hybridized carbons (Fsp3) is 0.316. The zero-order valence-corrected chi connectivity index (χ0v) is 13.7. The Morgan fingerprint density at radius 1 is 1.04 bits per heavy atom. The third-order valence-electron chi connectivity index (χ3n) is 3.84. The molecular weight excluding hydrogens is 290 g/mol. The summed E-state index contributed by atoms with van der Waals surface area (Å²) in [6, 6.07) is 13.0. The van der Waals surface area contributed by atoms with Gasteiger partial charge in [-0.1, -0.05) is 32.0 Å². The van der Waals surface area contributed by atoms with E-state index >= 15 is 0 Å². The lowest BCUT2D eigenvalue weighted by molar-refractivity contribution is 0.102. The van der Waals surface area contributed by atoms with E-state index in [-0.39, 0.29) is 11.3 Å². The van der Waals surface area contributed by atoms with E-state index in [0.29, 0.717) is 30.3 Å². The standard InChI is InChI=1S/C19H21NO3/c1-13-6-4-5-7-15(13)20-18(21)14-8-9-16-17(10-14)23-12-19(2,3)11-22-16/h4-10H,11-12H2,1-3H3,(H,20,21). The van der Waals surface area contributed by atoms with Crippen LogP contribution in [0.5, 0.6) is 11.5 Å². The SMILES string of the molecule is Cc1ccccc1NC(=O)c1ccc2c(c1)OCC(C)(C)CO2. The first kappa shape index (κ1) is 15.4. The van der Waals surface area contributed by atoms with Gasteiger partial charge in [0.1, 0.15) is 0 Å². The van der Waals surface area contributed by atoms with Crippen LogP contribution in [0.1, 0.15) is 29.8 Å². The molecule has 0 fully saturated rings. The molecule has 0 atom stereocenters. The quantitative estimate of drug-likeness (QED) is 0.910. The van der Waals surface area contributed by atoms with Gasteiger partial charge < -0.3 is 14.8 Å². The van der Waals surface area contributed by atoms with Crippen LogP contribution in [0.3, 0.4) is 0 Å². The van der Waals surface area contributed by atoms with Crippen LogP contribution in [0.25, 0.3) is 0 Å². The van der Waals surface area contributed by atoms with Gasteiger partial charge in [0.25, 0.3) is 5.91 Å². The summed E-state index contributed by atoms with van der Waals surface area (Å²) in [7, 11) is 0. The molecule has 0 saturated heterocycles. The molecule has 120 valence electrons. The van der Waals surface area contributed by atoms with Crippen molar-refractivity contribution >= 4 is 11.6 Å². The molecule has 1 heterocycles. The highest BCUT2D eigenvalue weighted by atomic mass is 16.5. The van der Waals surface area contributed by atoms with Crippen molar-refractivity contribution in [3.05, 3.63) is 53.6 Å². The second-order valence-corrected chi connectivity index (χ2v) is 6.67. The molecule has 23 heavy (non-hydrogen) atoms. The summed E-state index contributed by atoms with van der Waals surface area (Å²) in [6.45, 7) is 7.29. The summed E-state index contributed by atoms with van der Waals surface area (Å²) in [5, 5.41) is 2.93. The number of aryl methyl sites for hydroxylation is 1. The fourth-order valence-electron chi connectivity index (χ4n) is 2.38. The van der Waals surface area contributed by atoms with E-state index < -0.39 is 0 Å². The Hall–Kier alpha value is -2.49. The maximum atomic E-state index is 12.5. The number of carbonyl (C=O) groups is 1. The van der Waals surface area contributed by atoms with Crippen LogP contribution < -0.4 is 14.8 Å². The molecule has 1 aliphatic heterocycles. The first-order chi connectivity index (χ1) is 10.9. The average molecular weight is 311 g/mol. The van der Waals surface area contributed by atoms with E-state index in [2.05, 4.69) is 19.2 Å². The summed E-state index contributed by atoms with van der Waals surface area (Å²) in [5.41, 5.74) is 2.33. The van der Waals surface area contributed by atoms with Gasteiger partial charge >= 0.3 is 0 Å². The maximum absolute atomic E-state index is 12.5. The van der Waals surface area contributed by atoms with Crippen LogP contribution in [0.4, 0.5) is 5.69 Å². The van der Waals surface area contributed by atoms with Crippen molar-refractivity contribution in [2.24, 2.45) is 5.41 Å². The fourth-order valence-corrected chi connectivity index (χ4v) is 2.38. The van der Waals surface area contributed by atoms with Gasteiger partial charge in [-0.2, -0.15) is 0 Å². The second kappa shape index (κ2) is 5.95. The molecule has 0 aliphatic carbocycles. The van der Waals surface area contributed by atoms with Crippen molar-refractivity contribution in [2.75, 3.05) is 18.5 Å². The number of carbonyl (C=O) groups excluding carboxylic acids is 1. The number of rotatable bonds is 2. The molecule has 2 aromatic carbocycles. The molecule has 1 aliphatic rings. The maximum Gasteiger partial charge on any atom is 0.255 e. The van der Waals surface area contributed by atoms with Crippen LogP contribution in [0, 0.1) is 12.3 Å². The van der Waals surface area contributed by atoms with Crippen LogP contribution in [-0.2, 0) is 0 Å². The zero-order valence-electron chi connectivity index (χ0n) is 13.7. The number of ether oxygens (including phenoxy) is 2. The topological polar surface area (TPSA) is 47.6 Å². The molecule has 0 aromatic heterocycles. The molecule has 0 saturated carbocycles. The van der Waals surface area contributed by atoms with E-state index in [9.17, 15) is 4.79 Å². The van der Waals surface area contributed by atoms with Gasteiger partial charge in [0, 0.05) is 16.7 Å². The summed E-state index contributed by atoms with van der Waals surface area (Å²) < 4.78 is 11.6. The Kier molecular flexibility index (Phi) is 3.99. The molecule has 0 radical (unpaired) electrons. The number of hydrogen-bond donors (Lipinski definition) is 1. The molecule has 1 N–H and O–H groups in total. The lowest BCUT2D eigenvalue weighted by Gasteiger charge is -2.19. The highest BCUT2D eigenvalue weighted by molar-refractivity contribution is 6.05. The van der Waals surface area contributed by atoms with Crippen molar-refractivity contribution in [3.8, 4) is 11.5 Å². The normalized spacial score (nSPS) is 15.6. The largest absolute Gasteiger partial charge is 0.489 e.